The van der Waals surface area contributed by atoms with Gasteiger partial charge in [-0.15, -0.1) is 0 Å². The predicted octanol–water partition coefficient (Wildman–Crippen LogP) is 2.50. The van der Waals surface area contributed by atoms with Gasteiger partial charge in [-0.05, 0) is 57.9 Å². The van der Waals surface area contributed by atoms with Gasteiger partial charge in [0.2, 0.25) is 10.0 Å². The molecule has 0 heterocycles. The van der Waals surface area contributed by atoms with Gasteiger partial charge in [-0.3, -0.25) is 0 Å². The number of hydrogen-bond donors (Lipinski definition) is 3. The Bertz CT molecular complexity index is 551. The summed E-state index contributed by atoms with van der Waals surface area (Å²) in [5.74, 6) is 0.827. The Morgan fingerprint density at radius 2 is 1.61 bits per heavy atom. The molecule has 1 rings (SSSR count). The number of unbranched alkanes of at least 4 members (excludes halogenated alkanes) is 2. The van der Waals surface area contributed by atoms with Crippen molar-refractivity contribution in [2.24, 2.45) is 0 Å². The minimum Gasteiger partial charge on any atom is -0.497 e. The fourth-order valence-electron chi connectivity index (χ4n) is 1.78. The number of nitrogens with one attached hydrogen (secondary N) is 3. The van der Waals surface area contributed by atoms with E-state index in [1.54, 1.807) is 27.9 Å². The average molecular weight is 343 g/mol. The molecule has 0 aliphatic carbocycles. The normalized spacial score (nSPS) is 12.2. The van der Waals surface area contributed by atoms with E-state index in [-0.39, 0.29) is 0 Å². The molecule has 0 radical (unpaired) electrons. The summed E-state index contributed by atoms with van der Waals surface area (Å²) in [5.41, 5.74) is 7.23. The number of anilines is 1. The number of hydrazine groups is 1. The minimum absolute atomic E-state index is 0.492. The van der Waals surface area contributed by atoms with Crippen LogP contribution in [0.15, 0.2) is 24.3 Å². The highest BCUT2D eigenvalue weighted by atomic mass is 32.2. The standard InChI is InChI=1S/C16H29N3O3S/c1-16(2,3)23(20,21)18-13-7-5-6-12-17-19-14-8-10-15(22-4)11-9-14/h8-11,17-19H,5-7,12-13H2,1-4H3. The molecule has 0 aliphatic heterocycles. The van der Waals surface area contributed by atoms with Gasteiger partial charge in [0, 0.05) is 18.8 Å². The van der Waals surface area contributed by atoms with Crippen LogP contribution in [0.3, 0.4) is 0 Å². The minimum atomic E-state index is -3.23. The molecule has 23 heavy (non-hydrogen) atoms. The van der Waals surface area contributed by atoms with Gasteiger partial charge in [0.25, 0.3) is 0 Å². The maximum absolute atomic E-state index is 11.8. The van der Waals surface area contributed by atoms with Crippen LogP contribution in [0.4, 0.5) is 5.69 Å². The van der Waals surface area contributed by atoms with Gasteiger partial charge in [-0.1, -0.05) is 6.42 Å². The van der Waals surface area contributed by atoms with Crippen LogP contribution in [0.2, 0.25) is 0 Å². The first kappa shape index (κ1) is 19.7. The molecule has 0 fully saturated rings. The maximum Gasteiger partial charge on any atom is 0.216 e. The van der Waals surface area contributed by atoms with Gasteiger partial charge in [0.05, 0.1) is 11.9 Å². The number of rotatable bonds is 10. The largest absolute Gasteiger partial charge is 0.497 e. The molecular weight excluding hydrogens is 314 g/mol. The Morgan fingerprint density at radius 3 is 2.17 bits per heavy atom. The predicted molar refractivity (Wildman–Crippen MR) is 95.1 cm³/mol. The summed E-state index contributed by atoms with van der Waals surface area (Å²) in [6.45, 7) is 6.40. The van der Waals surface area contributed by atoms with Crippen LogP contribution in [0, 0.1) is 0 Å². The zero-order valence-corrected chi connectivity index (χ0v) is 15.3. The SMILES string of the molecule is COc1ccc(NNCCCCCNS(=O)(=O)C(C)(C)C)cc1. The monoisotopic (exact) mass is 343 g/mol. The molecular formula is C16H29N3O3S. The van der Waals surface area contributed by atoms with E-state index >= 15 is 0 Å². The molecule has 6 nitrogen and oxygen atoms in total. The fourth-order valence-corrected chi connectivity index (χ4v) is 2.62. The van der Waals surface area contributed by atoms with Crippen molar-refractivity contribution in [2.45, 2.75) is 44.8 Å². The maximum atomic E-state index is 11.8. The molecule has 0 saturated carbocycles. The summed E-state index contributed by atoms with van der Waals surface area (Å²) >= 11 is 0. The van der Waals surface area contributed by atoms with Gasteiger partial charge in [-0.25, -0.2) is 18.6 Å². The second-order valence-electron chi connectivity index (χ2n) is 6.35. The summed E-state index contributed by atoms with van der Waals surface area (Å²) in [5, 5.41) is 0. The smallest absolute Gasteiger partial charge is 0.216 e. The quantitative estimate of drug-likeness (QED) is 0.449. The Balaban J connectivity index is 2.07. The van der Waals surface area contributed by atoms with E-state index in [2.05, 4.69) is 15.6 Å². The molecule has 132 valence electrons. The van der Waals surface area contributed by atoms with Gasteiger partial charge >= 0.3 is 0 Å². The van der Waals surface area contributed by atoms with Crippen LogP contribution in [0.1, 0.15) is 40.0 Å². The van der Waals surface area contributed by atoms with Gasteiger partial charge in [-0.2, -0.15) is 0 Å². The lowest BCUT2D eigenvalue weighted by atomic mass is 10.2. The van der Waals surface area contributed by atoms with Crippen LogP contribution >= 0.6 is 0 Å². The number of methoxy groups -OCH3 is 1. The highest BCUT2D eigenvalue weighted by Crippen LogP contribution is 2.14. The van der Waals surface area contributed by atoms with Crippen molar-refractivity contribution in [3.63, 3.8) is 0 Å². The van der Waals surface area contributed by atoms with Crippen molar-refractivity contribution in [1.29, 1.82) is 0 Å². The number of ether oxygens (including phenoxy) is 1. The lowest BCUT2D eigenvalue weighted by Crippen LogP contribution is -2.39. The first-order valence-electron chi connectivity index (χ1n) is 7.88. The van der Waals surface area contributed by atoms with Crippen LogP contribution in [-0.2, 0) is 10.0 Å². The topological polar surface area (TPSA) is 79.5 Å². The third-order valence-electron chi connectivity index (χ3n) is 3.40. The second-order valence-corrected chi connectivity index (χ2v) is 8.87. The first-order chi connectivity index (χ1) is 10.8. The molecule has 0 bridgehead atoms. The van der Waals surface area contributed by atoms with E-state index in [1.807, 2.05) is 24.3 Å². The van der Waals surface area contributed by atoms with Crippen LogP contribution in [0.25, 0.3) is 0 Å². The Morgan fingerprint density at radius 1 is 1.00 bits per heavy atom. The van der Waals surface area contributed by atoms with Crippen molar-refractivity contribution >= 4 is 15.7 Å². The molecule has 0 amide bonds. The highest BCUT2D eigenvalue weighted by Gasteiger charge is 2.27. The van der Waals surface area contributed by atoms with E-state index in [0.717, 1.165) is 37.2 Å². The van der Waals surface area contributed by atoms with Crippen LogP contribution in [-0.4, -0.2) is 33.4 Å². The molecule has 0 spiro atoms. The van der Waals surface area contributed by atoms with Crippen molar-refractivity contribution in [2.75, 3.05) is 25.6 Å². The molecule has 7 heteroatoms. The summed E-state index contributed by atoms with van der Waals surface area (Å²) in [6, 6.07) is 7.66. The van der Waals surface area contributed by atoms with Crippen molar-refractivity contribution in [3.8, 4) is 5.75 Å². The molecule has 0 saturated heterocycles. The van der Waals surface area contributed by atoms with E-state index in [0.29, 0.717) is 6.54 Å². The summed E-state index contributed by atoms with van der Waals surface area (Å²) in [6.07, 6.45) is 2.77. The molecule has 3 N–H and O–H groups in total. The zero-order chi connectivity index (χ0) is 17.3. The van der Waals surface area contributed by atoms with Crippen LogP contribution < -0.4 is 20.3 Å². The average Bonchev–Trinajstić information content (AvgIpc) is 2.49. The van der Waals surface area contributed by atoms with Crippen LogP contribution in [0.5, 0.6) is 5.75 Å². The number of hydrogen-bond acceptors (Lipinski definition) is 5. The third kappa shape index (κ3) is 7.20. The Labute approximate surface area is 140 Å². The lowest BCUT2D eigenvalue weighted by molar-refractivity contribution is 0.415. The van der Waals surface area contributed by atoms with Gasteiger partial charge in [0.1, 0.15) is 5.75 Å². The van der Waals surface area contributed by atoms with E-state index in [9.17, 15) is 8.42 Å². The lowest BCUT2D eigenvalue weighted by Gasteiger charge is -2.19. The van der Waals surface area contributed by atoms with Crippen molar-refractivity contribution < 1.29 is 13.2 Å². The van der Waals surface area contributed by atoms with Gasteiger partial charge < -0.3 is 10.2 Å². The highest BCUT2D eigenvalue weighted by molar-refractivity contribution is 7.90. The molecule has 0 unspecified atom stereocenters. The van der Waals surface area contributed by atoms with E-state index in [4.69, 9.17) is 4.74 Å². The molecule has 0 atom stereocenters. The molecule has 1 aromatic rings. The Hall–Kier alpha value is -1.31. The van der Waals surface area contributed by atoms with Crippen molar-refractivity contribution in [1.82, 2.24) is 10.1 Å². The third-order valence-corrected chi connectivity index (χ3v) is 5.60. The summed E-state index contributed by atoms with van der Waals surface area (Å²) < 4.78 is 30.7. The van der Waals surface area contributed by atoms with Crippen molar-refractivity contribution in [3.05, 3.63) is 24.3 Å². The molecule has 0 aliphatic rings. The first-order valence-corrected chi connectivity index (χ1v) is 9.37. The number of benzene rings is 1. The van der Waals surface area contributed by atoms with E-state index < -0.39 is 14.8 Å². The Kier molecular flexibility index (Phi) is 7.81. The molecule has 1 aromatic carbocycles. The molecule has 0 aromatic heterocycles. The van der Waals surface area contributed by atoms with E-state index in [1.165, 1.54) is 0 Å². The number of sulfonamides is 1. The summed E-state index contributed by atoms with van der Waals surface area (Å²) in [7, 11) is -1.58. The summed E-state index contributed by atoms with van der Waals surface area (Å²) in [4.78, 5) is 0. The second kappa shape index (κ2) is 9.10. The zero-order valence-electron chi connectivity index (χ0n) is 14.5. The van der Waals surface area contributed by atoms with Gasteiger partial charge in [0.15, 0.2) is 0 Å². The fraction of sp³-hybridized carbons (Fsp3) is 0.625.